The van der Waals surface area contributed by atoms with Gasteiger partial charge in [0.1, 0.15) is 0 Å². The van der Waals surface area contributed by atoms with Gasteiger partial charge < -0.3 is 0 Å². The van der Waals surface area contributed by atoms with E-state index in [1.807, 2.05) is 0 Å². The molecule has 0 rings (SSSR count). The molecule has 0 saturated carbocycles. The lowest BCUT2D eigenvalue weighted by atomic mass is 10.1. The fourth-order valence-corrected chi connectivity index (χ4v) is 1.72. The molecule has 0 unspecified atom stereocenters. The molecule has 0 atom stereocenters. The Morgan fingerprint density at radius 2 is 1.59 bits per heavy atom. The summed E-state index contributed by atoms with van der Waals surface area (Å²) in [4.78, 5) is 0. The van der Waals surface area contributed by atoms with Crippen LogP contribution in [-0.2, 0) is 10.1 Å². The van der Waals surface area contributed by atoms with Crippen molar-refractivity contribution >= 4 is 10.1 Å². The Labute approximate surface area is 99.5 Å². The molecule has 3 nitrogen and oxygen atoms in total. The number of allylic oxidation sites excluding steroid dienone is 1. The SMILES string of the molecule is O=S(=O)(O)C(F)(F)CCCCCCCC=CF. The van der Waals surface area contributed by atoms with Gasteiger partial charge in [-0.15, -0.1) is 0 Å². The van der Waals surface area contributed by atoms with Crippen LogP contribution in [-0.4, -0.2) is 18.2 Å². The van der Waals surface area contributed by atoms with E-state index in [4.69, 9.17) is 4.55 Å². The first kappa shape index (κ1) is 16.4. The second kappa shape index (κ2) is 7.71. The van der Waals surface area contributed by atoms with Gasteiger partial charge in [-0.05, 0) is 19.3 Å². The van der Waals surface area contributed by atoms with Crippen molar-refractivity contribution in [1.82, 2.24) is 0 Å². The zero-order chi connectivity index (χ0) is 13.4. The van der Waals surface area contributed by atoms with Gasteiger partial charge in [0.25, 0.3) is 0 Å². The highest BCUT2D eigenvalue weighted by atomic mass is 32.2. The first-order chi connectivity index (χ1) is 7.81. The van der Waals surface area contributed by atoms with E-state index in [9.17, 15) is 21.6 Å². The largest absolute Gasteiger partial charge is 0.370 e. The van der Waals surface area contributed by atoms with Gasteiger partial charge in [-0.2, -0.15) is 17.2 Å². The summed E-state index contributed by atoms with van der Waals surface area (Å²) < 4.78 is 65.7. The highest BCUT2D eigenvalue weighted by Crippen LogP contribution is 2.27. The molecule has 0 bridgehead atoms. The Hall–Kier alpha value is -0.560. The van der Waals surface area contributed by atoms with Crippen molar-refractivity contribution in [1.29, 1.82) is 0 Å². The van der Waals surface area contributed by atoms with E-state index < -0.39 is 21.8 Å². The van der Waals surface area contributed by atoms with Crippen LogP contribution in [0.3, 0.4) is 0 Å². The molecular formula is C10H17F3O3S. The third-order valence-electron chi connectivity index (χ3n) is 2.31. The standard InChI is InChI=1S/C10H17F3O3S/c11-9-7-5-3-1-2-4-6-8-10(12,13)17(14,15)16/h7,9H,1-6,8H2,(H,14,15,16). The molecule has 0 aromatic rings. The number of halogens is 3. The minimum atomic E-state index is -5.29. The molecule has 0 aromatic heterocycles. The maximum Gasteiger partial charge on any atom is 0.370 e. The number of alkyl halides is 2. The molecule has 0 aliphatic carbocycles. The quantitative estimate of drug-likeness (QED) is 0.515. The smallest absolute Gasteiger partial charge is 0.281 e. The summed E-state index contributed by atoms with van der Waals surface area (Å²) in [5.41, 5.74) is 0. The maximum absolute atomic E-state index is 12.7. The Bertz CT molecular complexity index is 326. The van der Waals surface area contributed by atoms with Crippen molar-refractivity contribution in [2.75, 3.05) is 0 Å². The third kappa shape index (κ3) is 7.38. The molecule has 0 heterocycles. The normalized spacial score (nSPS) is 13.4. The molecule has 1 N–H and O–H groups in total. The zero-order valence-corrected chi connectivity index (χ0v) is 10.2. The van der Waals surface area contributed by atoms with Crippen LogP contribution in [0.25, 0.3) is 0 Å². The first-order valence-corrected chi connectivity index (χ1v) is 6.85. The van der Waals surface area contributed by atoms with Crippen LogP contribution in [0, 0.1) is 0 Å². The van der Waals surface area contributed by atoms with Crippen molar-refractivity contribution in [3.8, 4) is 0 Å². The summed E-state index contributed by atoms with van der Waals surface area (Å²) in [6.07, 6.45) is 4.32. The molecule has 102 valence electrons. The summed E-state index contributed by atoms with van der Waals surface area (Å²) in [6, 6.07) is 0. The molecule has 0 amide bonds. The van der Waals surface area contributed by atoms with Crippen LogP contribution >= 0.6 is 0 Å². The summed E-state index contributed by atoms with van der Waals surface area (Å²) in [7, 11) is -5.29. The second-order valence-electron chi connectivity index (χ2n) is 3.78. The number of rotatable bonds is 9. The van der Waals surface area contributed by atoms with Crippen molar-refractivity contribution in [2.24, 2.45) is 0 Å². The molecule has 0 spiro atoms. The van der Waals surface area contributed by atoms with Crippen molar-refractivity contribution in [3.63, 3.8) is 0 Å². The van der Waals surface area contributed by atoms with Crippen LogP contribution in [0.2, 0.25) is 0 Å². The molecule has 0 aliphatic heterocycles. The molecule has 0 aromatic carbocycles. The molecule has 0 fully saturated rings. The Kier molecular flexibility index (Phi) is 7.45. The molecule has 0 radical (unpaired) electrons. The summed E-state index contributed by atoms with van der Waals surface area (Å²) >= 11 is 0. The van der Waals surface area contributed by atoms with E-state index in [2.05, 4.69) is 0 Å². The van der Waals surface area contributed by atoms with Gasteiger partial charge in [0, 0.05) is 6.42 Å². The summed E-state index contributed by atoms with van der Waals surface area (Å²) in [5.74, 6) is 0. The van der Waals surface area contributed by atoms with Crippen molar-refractivity contribution in [2.45, 2.75) is 50.2 Å². The highest BCUT2D eigenvalue weighted by molar-refractivity contribution is 7.86. The minimum Gasteiger partial charge on any atom is -0.281 e. The van der Waals surface area contributed by atoms with Gasteiger partial charge in [-0.25, -0.2) is 4.39 Å². The lowest BCUT2D eigenvalue weighted by Gasteiger charge is -2.11. The van der Waals surface area contributed by atoms with Gasteiger partial charge in [-0.3, -0.25) is 4.55 Å². The van der Waals surface area contributed by atoms with Gasteiger partial charge in [0.2, 0.25) is 0 Å². The van der Waals surface area contributed by atoms with Crippen LogP contribution in [0.4, 0.5) is 13.2 Å². The van der Waals surface area contributed by atoms with E-state index in [0.717, 1.165) is 12.8 Å². The van der Waals surface area contributed by atoms with Crippen molar-refractivity contribution in [3.05, 3.63) is 12.4 Å². The molecule has 0 aliphatic rings. The first-order valence-electron chi connectivity index (χ1n) is 5.41. The predicted octanol–water partition coefficient (Wildman–Crippen LogP) is 3.68. The molecule has 17 heavy (non-hydrogen) atoms. The average molecular weight is 274 g/mol. The number of hydrogen-bond donors (Lipinski definition) is 1. The van der Waals surface area contributed by atoms with Gasteiger partial charge in [0.05, 0.1) is 6.33 Å². The lowest BCUT2D eigenvalue weighted by molar-refractivity contribution is 0.0683. The molecule has 0 saturated heterocycles. The average Bonchev–Trinajstić information content (AvgIpc) is 2.20. The summed E-state index contributed by atoms with van der Waals surface area (Å²) in [5, 5.41) is -4.05. The van der Waals surface area contributed by atoms with E-state index in [0.29, 0.717) is 25.6 Å². The second-order valence-corrected chi connectivity index (χ2v) is 5.33. The van der Waals surface area contributed by atoms with Gasteiger partial charge in [0.15, 0.2) is 0 Å². The lowest BCUT2D eigenvalue weighted by Crippen LogP contribution is -2.27. The Morgan fingerprint density at radius 1 is 1.06 bits per heavy atom. The van der Waals surface area contributed by atoms with Gasteiger partial charge in [-0.1, -0.05) is 25.3 Å². The van der Waals surface area contributed by atoms with Gasteiger partial charge >= 0.3 is 15.4 Å². The topological polar surface area (TPSA) is 54.4 Å². The van der Waals surface area contributed by atoms with E-state index in [-0.39, 0.29) is 6.42 Å². The maximum atomic E-state index is 12.7. The predicted molar refractivity (Wildman–Crippen MR) is 59.1 cm³/mol. The van der Waals surface area contributed by atoms with Crippen molar-refractivity contribution < 1.29 is 26.1 Å². The van der Waals surface area contributed by atoms with E-state index >= 15 is 0 Å². The fourth-order valence-electron chi connectivity index (χ4n) is 1.32. The van der Waals surface area contributed by atoms with E-state index in [1.165, 1.54) is 6.08 Å². The molecule has 7 heteroatoms. The van der Waals surface area contributed by atoms with Crippen LogP contribution < -0.4 is 0 Å². The number of unbranched alkanes of at least 4 members (excludes halogenated alkanes) is 5. The number of hydrogen-bond acceptors (Lipinski definition) is 2. The van der Waals surface area contributed by atoms with Crippen LogP contribution in [0.15, 0.2) is 12.4 Å². The minimum absolute atomic E-state index is 0.0335. The monoisotopic (exact) mass is 274 g/mol. The zero-order valence-electron chi connectivity index (χ0n) is 9.41. The third-order valence-corrected chi connectivity index (χ3v) is 3.26. The van der Waals surface area contributed by atoms with E-state index in [1.54, 1.807) is 0 Å². The van der Waals surface area contributed by atoms with Crippen LogP contribution in [0.5, 0.6) is 0 Å². The molecular weight excluding hydrogens is 257 g/mol. The Balaban J connectivity index is 3.59. The fraction of sp³-hybridized carbons (Fsp3) is 0.800. The Morgan fingerprint density at radius 3 is 2.12 bits per heavy atom. The van der Waals surface area contributed by atoms with Crippen LogP contribution in [0.1, 0.15) is 44.9 Å². The highest BCUT2D eigenvalue weighted by Gasteiger charge is 2.42. The summed E-state index contributed by atoms with van der Waals surface area (Å²) in [6.45, 7) is 0.